The molecule has 0 saturated heterocycles. The number of carbonyl (C=O) groups excluding carboxylic acids is 1. The summed E-state index contributed by atoms with van der Waals surface area (Å²) in [6.45, 7) is 1.59. The Morgan fingerprint density at radius 1 is 1.40 bits per heavy atom. The van der Waals surface area contributed by atoms with Crippen LogP contribution in [0.5, 0.6) is 0 Å². The minimum absolute atomic E-state index is 0.0822. The van der Waals surface area contributed by atoms with Gasteiger partial charge < -0.3 is 5.73 Å². The van der Waals surface area contributed by atoms with E-state index in [1.165, 1.54) is 6.07 Å². The van der Waals surface area contributed by atoms with Crippen LogP contribution in [0, 0.1) is 0 Å². The molecule has 0 aliphatic carbocycles. The highest BCUT2D eigenvalue weighted by Gasteiger charge is 2.32. The molecule has 0 aliphatic heterocycles. The molecule has 0 radical (unpaired) electrons. The molecule has 0 bridgehead atoms. The summed E-state index contributed by atoms with van der Waals surface area (Å²) in [5.74, 6) is -0.724. The Labute approximate surface area is 84.9 Å². The van der Waals surface area contributed by atoms with Crippen LogP contribution in [0.3, 0.4) is 0 Å². The third kappa shape index (κ3) is 2.49. The number of primary amides is 1. The number of benzene rings is 1. The fourth-order valence-corrected chi connectivity index (χ4v) is 1.32. The number of halogens is 3. The van der Waals surface area contributed by atoms with Crippen LogP contribution in [-0.2, 0) is 12.6 Å². The van der Waals surface area contributed by atoms with Crippen molar-refractivity contribution >= 4 is 5.91 Å². The number of hydrogen-bond donors (Lipinski definition) is 1. The van der Waals surface area contributed by atoms with Crippen LogP contribution in [0.2, 0.25) is 0 Å². The number of nitrogens with two attached hydrogens (primary N) is 1. The van der Waals surface area contributed by atoms with Crippen LogP contribution in [0.4, 0.5) is 13.2 Å². The fraction of sp³-hybridized carbons (Fsp3) is 0.300. The summed E-state index contributed by atoms with van der Waals surface area (Å²) in [5.41, 5.74) is 4.44. The molecule has 5 heteroatoms. The first-order chi connectivity index (χ1) is 6.86. The van der Waals surface area contributed by atoms with Gasteiger partial charge in [0.1, 0.15) is 0 Å². The number of hydrogen-bond acceptors (Lipinski definition) is 1. The Hall–Kier alpha value is -1.52. The lowest BCUT2D eigenvalue weighted by Gasteiger charge is -2.12. The number of amides is 1. The van der Waals surface area contributed by atoms with Gasteiger partial charge in [0.05, 0.1) is 5.56 Å². The highest BCUT2D eigenvalue weighted by molar-refractivity contribution is 5.93. The number of rotatable bonds is 2. The summed E-state index contributed by atoms with van der Waals surface area (Å²) in [6.07, 6.45) is -4.18. The zero-order valence-electron chi connectivity index (χ0n) is 8.06. The topological polar surface area (TPSA) is 43.1 Å². The maximum absolute atomic E-state index is 12.5. The van der Waals surface area contributed by atoms with E-state index in [1.807, 2.05) is 0 Å². The van der Waals surface area contributed by atoms with E-state index >= 15 is 0 Å². The number of alkyl halides is 3. The van der Waals surface area contributed by atoms with Gasteiger partial charge in [-0.1, -0.05) is 6.92 Å². The lowest BCUT2D eigenvalue weighted by atomic mass is 10.0. The molecular weight excluding hydrogens is 207 g/mol. The van der Waals surface area contributed by atoms with E-state index in [1.54, 1.807) is 6.92 Å². The molecule has 1 aromatic carbocycles. The summed E-state index contributed by atoms with van der Waals surface area (Å²) in [5, 5.41) is 0. The molecule has 2 nitrogen and oxygen atoms in total. The van der Waals surface area contributed by atoms with Crippen LogP contribution >= 0.6 is 0 Å². The largest absolute Gasteiger partial charge is 0.416 e. The van der Waals surface area contributed by atoms with Crippen molar-refractivity contribution < 1.29 is 18.0 Å². The van der Waals surface area contributed by atoms with Gasteiger partial charge in [0.15, 0.2) is 0 Å². The molecule has 0 unspecified atom stereocenters. The maximum atomic E-state index is 12.5. The highest BCUT2D eigenvalue weighted by atomic mass is 19.4. The second kappa shape index (κ2) is 3.92. The van der Waals surface area contributed by atoms with Crippen molar-refractivity contribution in [3.05, 3.63) is 34.9 Å². The van der Waals surface area contributed by atoms with E-state index in [4.69, 9.17) is 5.73 Å². The van der Waals surface area contributed by atoms with Gasteiger partial charge in [0, 0.05) is 5.56 Å². The lowest BCUT2D eigenvalue weighted by molar-refractivity contribution is -0.138. The van der Waals surface area contributed by atoms with Crippen molar-refractivity contribution in [2.24, 2.45) is 5.73 Å². The van der Waals surface area contributed by atoms with Crippen molar-refractivity contribution in [2.45, 2.75) is 19.5 Å². The van der Waals surface area contributed by atoms with E-state index in [0.717, 1.165) is 12.1 Å². The summed E-state index contributed by atoms with van der Waals surface area (Å²) >= 11 is 0. The normalized spacial score (nSPS) is 11.5. The monoisotopic (exact) mass is 217 g/mol. The average molecular weight is 217 g/mol. The van der Waals surface area contributed by atoms with Crippen molar-refractivity contribution in [2.75, 3.05) is 0 Å². The molecule has 0 heterocycles. The van der Waals surface area contributed by atoms with Crippen molar-refractivity contribution in [3.63, 3.8) is 0 Å². The molecule has 1 aromatic rings. The highest BCUT2D eigenvalue weighted by Crippen LogP contribution is 2.32. The van der Waals surface area contributed by atoms with Crippen LogP contribution in [0.25, 0.3) is 0 Å². The molecule has 15 heavy (non-hydrogen) atoms. The SMILES string of the molecule is CCc1cc(C(N)=O)ccc1C(F)(F)F. The minimum Gasteiger partial charge on any atom is -0.366 e. The summed E-state index contributed by atoms with van der Waals surface area (Å²) < 4.78 is 37.4. The fourth-order valence-electron chi connectivity index (χ4n) is 1.32. The van der Waals surface area contributed by atoms with Crippen LogP contribution in [-0.4, -0.2) is 5.91 Å². The first kappa shape index (κ1) is 11.6. The van der Waals surface area contributed by atoms with Crippen LogP contribution in [0.1, 0.15) is 28.4 Å². The standard InChI is InChI=1S/C10H10F3NO/c1-2-6-5-7(9(14)15)3-4-8(6)10(11,12)13/h3-5H,2H2,1H3,(H2,14,15). The molecule has 0 aromatic heterocycles. The Kier molecular flexibility index (Phi) is 3.02. The quantitative estimate of drug-likeness (QED) is 0.811. The molecule has 0 saturated carbocycles. The zero-order chi connectivity index (χ0) is 11.6. The first-order valence-electron chi connectivity index (χ1n) is 4.36. The Bertz CT molecular complexity index is 385. The van der Waals surface area contributed by atoms with E-state index in [2.05, 4.69) is 0 Å². The Morgan fingerprint density at radius 2 is 2.00 bits per heavy atom. The van der Waals surface area contributed by atoms with Gasteiger partial charge in [0.25, 0.3) is 0 Å². The third-order valence-corrected chi connectivity index (χ3v) is 2.08. The van der Waals surface area contributed by atoms with E-state index in [-0.39, 0.29) is 17.5 Å². The molecular formula is C10H10F3NO. The third-order valence-electron chi connectivity index (χ3n) is 2.08. The van der Waals surface area contributed by atoms with Gasteiger partial charge in [-0.05, 0) is 30.2 Å². The van der Waals surface area contributed by atoms with Crippen molar-refractivity contribution in [1.82, 2.24) is 0 Å². The Morgan fingerprint density at radius 3 is 2.40 bits per heavy atom. The van der Waals surface area contributed by atoms with Crippen molar-refractivity contribution in [3.8, 4) is 0 Å². The summed E-state index contributed by atoms with van der Waals surface area (Å²) in [7, 11) is 0. The van der Waals surface area contributed by atoms with Gasteiger partial charge in [0.2, 0.25) is 5.91 Å². The number of carbonyl (C=O) groups is 1. The molecule has 2 N–H and O–H groups in total. The molecule has 0 atom stereocenters. The van der Waals surface area contributed by atoms with Gasteiger partial charge >= 0.3 is 6.18 Å². The predicted octanol–water partition coefficient (Wildman–Crippen LogP) is 2.37. The minimum atomic E-state index is -4.39. The van der Waals surface area contributed by atoms with Gasteiger partial charge in [-0.2, -0.15) is 13.2 Å². The molecule has 0 fully saturated rings. The van der Waals surface area contributed by atoms with Crippen molar-refractivity contribution in [1.29, 1.82) is 0 Å². The van der Waals surface area contributed by atoms with E-state index in [9.17, 15) is 18.0 Å². The van der Waals surface area contributed by atoms with Crippen LogP contribution < -0.4 is 5.73 Å². The Balaban J connectivity index is 3.27. The van der Waals surface area contributed by atoms with E-state index < -0.39 is 17.6 Å². The molecule has 1 amide bonds. The maximum Gasteiger partial charge on any atom is 0.416 e. The van der Waals surface area contributed by atoms with Gasteiger partial charge in [-0.15, -0.1) is 0 Å². The lowest BCUT2D eigenvalue weighted by Crippen LogP contribution is -2.14. The zero-order valence-corrected chi connectivity index (χ0v) is 8.06. The molecule has 0 aliphatic rings. The summed E-state index contributed by atoms with van der Waals surface area (Å²) in [6, 6.07) is 3.16. The second-order valence-corrected chi connectivity index (χ2v) is 3.09. The van der Waals surface area contributed by atoms with Gasteiger partial charge in [-0.25, -0.2) is 0 Å². The first-order valence-corrected chi connectivity index (χ1v) is 4.36. The molecule has 0 spiro atoms. The van der Waals surface area contributed by atoms with Gasteiger partial charge in [-0.3, -0.25) is 4.79 Å². The van der Waals surface area contributed by atoms with E-state index in [0.29, 0.717) is 0 Å². The summed E-state index contributed by atoms with van der Waals surface area (Å²) in [4.78, 5) is 10.8. The second-order valence-electron chi connectivity index (χ2n) is 3.09. The number of aryl methyl sites for hydroxylation is 1. The van der Waals surface area contributed by atoms with Crippen LogP contribution in [0.15, 0.2) is 18.2 Å². The smallest absolute Gasteiger partial charge is 0.366 e. The molecule has 82 valence electrons. The average Bonchev–Trinajstić information content (AvgIpc) is 2.15. The predicted molar refractivity (Wildman–Crippen MR) is 49.3 cm³/mol. The molecule has 1 rings (SSSR count).